The Balaban J connectivity index is 1.99. The van der Waals surface area contributed by atoms with Gasteiger partial charge in [0.25, 0.3) is 0 Å². The monoisotopic (exact) mass is 1860 g/mol. The van der Waals surface area contributed by atoms with Gasteiger partial charge in [-0.3, -0.25) is 91.7 Å². The molecule has 50 heteroatoms. The molecule has 127 heavy (non-hydrogen) atoms. The number of aromatic amines is 1. The molecule has 1 fully saturated rings. The van der Waals surface area contributed by atoms with Gasteiger partial charge in [0.2, 0.25) is 88.6 Å². The molecule has 0 unspecified atom stereocenters. The van der Waals surface area contributed by atoms with Crippen LogP contribution in [0, 0.1) is 5.92 Å². The molecule has 3 aromatic rings. The normalized spacial score (nSPS) is 22.4. The number of thioether (sulfide) groups is 2. The van der Waals surface area contributed by atoms with Crippen molar-refractivity contribution in [3.05, 3.63) is 83.9 Å². The summed E-state index contributed by atoms with van der Waals surface area (Å²) in [6, 6.07) is -10.7. The van der Waals surface area contributed by atoms with Crippen molar-refractivity contribution in [2.75, 3.05) is 61.8 Å². The number of aliphatic hydroxyl groups excluding tert-OH is 1. The van der Waals surface area contributed by atoms with Crippen molar-refractivity contribution < 1.29 is 92.0 Å². The molecule has 4 rings (SSSR count). The van der Waals surface area contributed by atoms with Crippen LogP contribution in [0.5, 0.6) is 5.75 Å². The molecular formula is C77H121N27O19S4. The van der Waals surface area contributed by atoms with Gasteiger partial charge in [0.15, 0.2) is 17.9 Å². The number of carboxylic acids is 1. The minimum atomic E-state index is -2.02. The number of aliphatic carboxylic acids is 1. The zero-order chi connectivity index (χ0) is 94.4. The number of rotatable bonds is 36. The molecule has 1 saturated heterocycles. The molecule has 34 N–H and O–H groups in total. The Morgan fingerprint density at radius 3 is 1.54 bits per heavy atom. The average molecular weight is 1860 g/mol. The van der Waals surface area contributed by atoms with E-state index in [2.05, 4.69) is 99.4 Å². The quantitative estimate of drug-likeness (QED) is 0.0111. The number of benzene rings is 2. The van der Waals surface area contributed by atoms with Gasteiger partial charge in [-0.15, -0.1) is 0 Å². The first-order valence-corrected chi connectivity index (χ1v) is 45.8. The van der Waals surface area contributed by atoms with Crippen molar-refractivity contribution in [1.29, 1.82) is 0 Å². The van der Waals surface area contributed by atoms with E-state index in [1.165, 1.54) is 74.2 Å². The highest BCUT2D eigenvalue weighted by atomic mass is 33.1. The van der Waals surface area contributed by atoms with E-state index in [0.29, 0.717) is 16.9 Å². The Hall–Kier alpha value is -11.9. The van der Waals surface area contributed by atoms with Crippen LogP contribution in [0.1, 0.15) is 109 Å². The van der Waals surface area contributed by atoms with Gasteiger partial charge < -0.3 is 141 Å². The number of H-pyrrole nitrogens is 1. The van der Waals surface area contributed by atoms with Crippen LogP contribution in [0.3, 0.4) is 0 Å². The van der Waals surface area contributed by atoms with Crippen LogP contribution in [0.25, 0.3) is 0 Å². The Bertz CT molecular complexity index is 4240. The number of nitrogens with one attached hydrogen (secondary N) is 15. The molecule has 0 radical (unpaired) electrons. The molecule has 2 aromatic carbocycles. The summed E-state index contributed by atoms with van der Waals surface area (Å²) in [5.41, 5.74) is 46.5. The predicted octanol–water partition coefficient (Wildman–Crippen LogP) is -7.64. The Labute approximate surface area is 750 Å². The molecule has 702 valence electrons. The van der Waals surface area contributed by atoms with Gasteiger partial charge in [0, 0.05) is 56.6 Å². The number of primary amides is 1. The summed E-state index contributed by atoms with van der Waals surface area (Å²) in [5.74, 6) is -19.5. The third-order valence-electron chi connectivity index (χ3n) is 19.0. The van der Waals surface area contributed by atoms with Crippen LogP contribution in [0.15, 0.2) is 82.1 Å². The minimum absolute atomic E-state index is 0.0108. The summed E-state index contributed by atoms with van der Waals surface area (Å²) in [6.07, 6.45) is 3.13. The van der Waals surface area contributed by atoms with E-state index in [0.717, 1.165) is 21.6 Å². The number of nitrogens with zero attached hydrogens (tertiary/aromatic N) is 4. The third-order valence-corrected chi connectivity index (χ3v) is 22.7. The molecule has 15 atom stereocenters. The van der Waals surface area contributed by atoms with E-state index < -0.39 is 216 Å². The third kappa shape index (κ3) is 41.0. The fraction of sp³-hybridized carbons (Fsp3) is 0.558. The smallest absolute Gasteiger partial charge is 0.305 e. The first-order chi connectivity index (χ1) is 60.2. The van der Waals surface area contributed by atoms with Crippen LogP contribution >= 0.6 is 45.1 Å². The first kappa shape index (κ1) is 107. The zero-order valence-electron chi connectivity index (χ0n) is 71.4. The van der Waals surface area contributed by atoms with Crippen molar-refractivity contribution in [2.45, 2.75) is 202 Å². The number of nitrogens with two attached hydrogens (primary N) is 8. The predicted molar refractivity (Wildman–Crippen MR) is 479 cm³/mol. The van der Waals surface area contributed by atoms with Crippen LogP contribution in [0.2, 0.25) is 0 Å². The van der Waals surface area contributed by atoms with Gasteiger partial charge in [-0.25, -0.2) is 4.98 Å². The van der Waals surface area contributed by atoms with Crippen molar-refractivity contribution in [2.24, 2.45) is 66.8 Å². The van der Waals surface area contributed by atoms with Crippen LogP contribution in [-0.4, -0.2) is 290 Å². The van der Waals surface area contributed by atoms with Crippen LogP contribution < -0.4 is 120 Å². The number of imidazole rings is 1. The highest BCUT2D eigenvalue weighted by Crippen LogP contribution is 2.25. The lowest BCUT2D eigenvalue weighted by Gasteiger charge is -2.28. The molecule has 0 saturated carbocycles. The number of phenolic OH excluding ortho intramolecular Hbond substituents is 1. The highest BCUT2D eigenvalue weighted by molar-refractivity contribution is 8.76. The second-order valence-electron chi connectivity index (χ2n) is 29.9. The number of carbonyl (C=O) groups excluding carboxylic acids is 15. The Morgan fingerprint density at radius 1 is 0.520 bits per heavy atom. The van der Waals surface area contributed by atoms with Crippen molar-refractivity contribution in [3.63, 3.8) is 0 Å². The first-order valence-electron chi connectivity index (χ1n) is 40.5. The number of carboxylic acid groups (broad SMARTS) is 1. The molecule has 2 heterocycles. The number of aliphatic hydroxyl groups is 1. The minimum Gasteiger partial charge on any atom is -0.508 e. The maximum Gasteiger partial charge on any atom is 0.305 e. The Kier molecular flexibility index (Phi) is 48.2. The van der Waals surface area contributed by atoms with E-state index in [1.807, 2.05) is 0 Å². The topological polar surface area (TPSA) is 776 Å². The second-order valence-corrected chi connectivity index (χ2v) is 34.4. The number of carbonyl (C=O) groups is 16. The number of phenols is 1. The van der Waals surface area contributed by atoms with Gasteiger partial charge >= 0.3 is 5.97 Å². The van der Waals surface area contributed by atoms with Crippen molar-refractivity contribution in [1.82, 2.24) is 84.4 Å². The second kappa shape index (κ2) is 56.9. The summed E-state index contributed by atoms with van der Waals surface area (Å²) < 4.78 is 0. The van der Waals surface area contributed by atoms with Gasteiger partial charge in [0.05, 0.1) is 31.1 Å². The van der Waals surface area contributed by atoms with E-state index in [1.54, 1.807) is 56.7 Å². The average Bonchev–Trinajstić information content (AvgIpc) is 1.51. The standard InChI is InChI=1S/C77H121N27O19S4/c1-39(2)29-51-68(117)102-56(35-105)72(121)104-58(74(123)99-53(31-43-18-20-45(106)21-19-43)69(118)93-47(60(79)109)15-10-24-87-75(80)81)37-127-126-36-57(103-63(112)46(78)22-27-124-5)73(122)100-54(32-44-34-86-38-90-44)70(119)98-52(30-42-13-8-7-9-14-42)67(116)92-40(3)61(110)91-41(4)62(111)94-48(16-11-25-88-76(82)83)64(113)96-50(23-28-125-6)66(115)101-55(33-59(107)108)71(120)95-49(65(114)97-51)17-12-26-89-77(84)85/h7-9,13-14,18-21,34,38-41,46-58,105-106H,10-12,15-17,22-33,35-37,78H2,1-6H3,(H2,79,109)(H,86,90)(H,91,110)(H,92,116)(H,93,118)(H,94,111)(H,95,120)(H,96,113)(H,97,114)(H,98,119)(H,99,123)(H,100,122)(H,101,115)(H,102,117)(H,103,112)(H,104,121)(H,107,108)(H4,80,81,87)(H4,82,83,88)(H4,84,85,89)/t40-,41-,46+,47+,48+,49-,50-,51+,52-,53+,54+,55+,56-,57+,58-/m1/s1. The van der Waals surface area contributed by atoms with Gasteiger partial charge in [-0.2, -0.15) is 23.5 Å². The molecule has 0 aliphatic carbocycles. The van der Waals surface area contributed by atoms with E-state index in [4.69, 9.17) is 45.9 Å². The molecule has 1 aliphatic heterocycles. The molecule has 46 nitrogen and oxygen atoms in total. The largest absolute Gasteiger partial charge is 0.508 e. The van der Waals surface area contributed by atoms with Gasteiger partial charge in [0.1, 0.15) is 90.3 Å². The zero-order valence-corrected chi connectivity index (χ0v) is 74.6. The van der Waals surface area contributed by atoms with Crippen LogP contribution in [-0.2, 0) is 96.0 Å². The summed E-state index contributed by atoms with van der Waals surface area (Å²) in [4.78, 5) is 249. The van der Waals surface area contributed by atoms with E-state index in [-0.39, 0.29) is 132 Å². The lowest BCUT2D eigenvalue weighted by atomic mass is 10.0. The molecule has 1 aromatic heterocycles. The fourth-order valence-corrected chi connectivity index (χ4v) is 15.4. The van der Waals surface area contributed by atoms with E-state index >= 15 is 14.4 Å². The Morgan fingerprint density at radius 2 is 0.992 bits per heavy atom. The van der Waals surface area contributed by atoms with Gasteiger partial charge in [-0.1, -0.05) is 77.9 Å². The number of aromatic hydroxyl groups is 1. The highest BCUT2D eigenvalue weighted by Gasteiger charge is 2.39. The summed E-state index contributed by atoms with van der Waals surface area (Å²) in [7, 11) is 1.60. The number of guanidine groups is 3. The number of hydrogen-bond acceptors (Lipinski definition) is 27. The molecule has 0 spiro atoms. The molecule has 0 bridgehead atoms. The van der Waals surface area contributed by atoms with Crippen molar-refractivity contribution in [3.8, 4) is 5.75 Å². The number of aromatic nitrogens is 2. The fourth-order valence-electron chi connectivity index (χ4n) is 12.1. The summed E-state index contributed by atoms with van der Waals surface area (Å²) in [5, 5.41) is 66.9. The van der Waals surface area contributed by atoms with Crippen LogP contribution in [0.4, 0.5) is 0 Å². The maximum atomic E-state index is 15.2. The number of aliphatic imine (C=N–C) groups is 3. The van der Waals surface area contributed by atoms with E-state index in [9.17, 15) is 77.6 Å². The molecular weight excluding hydrogens is 1740 g/mol. The number of hydrogen-bond donors (Lipinski definition) is 26. The lowest BCUT2D eigenvalue weighted by molar-refractivity contribution is -0.141. The molecule has 15 amide bonds. The summed E-state index contributed by atoms with van der Waals surface area (Å²) >= 11 is 2.59. The van der Waals surface area contributed by atoms with Gasteiger partial charge in [-0.05, 0) is 125 Å². The maximum absolute atomic E-state index is 15.2. The lowest BCUT2D eigenvalue weighted by Crippen LogP contribution is -2.61. The SMILES string of the molecule is CSCC[C@H](N)C(=O)N[C@H]1CSSC[C@H](C(=O)N[C@@H](Cc2ccc(O)cc2)C(=O)N[C@@H](CCCN=C(N)N)C(N)=O)NC(=O)[C@@H](CO)NC(=O)[C@H](CC(C)C)NC(=O)[C@@H](CCCN=C(N)N)NC(=O)[C@H](CC(=O)O)NC(=O)[C@@H](CCSC)NC(=O)[C@H](CCCN=C(N)N)NC(=O)[C@@H](C)NC(=O)[C@@H](C)NC(=O)[C@@H](Cc2ccccc2)NC(=O)[C@H](Cc2c[nH]cn2)NC1=O. The molecule has 1 aliphatic rings. The van der Waals surface area contributed by atoms with Crippen molar-refractivity contribution >= 4 is 158 Å². The number of amides is 15. The summed E-state index contributed by atoms with van der Waals surface area (Å²) in [6.45, 7) is 4.36.